The number of hydrogen-bond donors (Lipinski definition) is 0. The number of hydrogen-bond acceptors (Lipinski definition) is 6. The van der Waals surface area contributed by atoms with E-state index >= 15 is 0 Å². The quantitative estimate of drug-likeness (QED) is 0.854. The van der Waals surface area contributed by atoms with Crippen LogP contribution in [0.4, 0.5) is 0 Å². The Morgan fingerprint density at radius 3 is 3.00 bits per heavy atom. The zero-order chi connectivity index (χ0) is 16.4. The summed E-state index contributed by atoms with van der Waals surface area (Å²) in [5, 5.41) is 4.23. The largest absolute Gasteiger partial charge is 0.478 e. The maximum absolute atomic E-state index is 12.9. The minimum Gasteiger partial charge on any atom is -0.478 e. The fourth-order valence-corrected chi connectivity index (χ4v) is 2.85. The maximum atomic E-state index is 12.9. The average molecular weight is 337 g/mol. The van der Waals surface area contributed by atoms with Crippen LogP contribution in [0.1, 0.15) is 48.0 Å². The molecule has 23 heavy (non-hydrogen) atoms. The summed E-state index contributed by atoms with van der Waals surface area (Å²) in [5.74, 6) is 1.13. The lowest BCUT2D eigenvalue weighted by molar-refractivity contribution is 0.0721. The summed E-state index contributed by atoms with van der Waals surface area (Å²) in [6.45, 7) is 4.65. The van der Waals surface area contributed by atoms with Crippen LogP contribution in [0.3, 0.4) is 0 Å². The summed E-state index contributed by atoms with van der Waals surface area (Å²) in [5.41, 5.74) is 0.185. The molecule has 0 aromatic carbocycles. The zero-order valence-electron chi connectivity index (χ0n) is 13.0. The van der Waals surface area contributed by atoms with Crippen molar-refractivity contribution in [1.29, 1.82) is 0 Å². The van der Waals surface area contributed by atoms with Gasteiger partial charge >= 0.3 is 0 Å². The summed E-state index contributed by atoms with van der Waals surface area (Å²) in [6.07, 6.45) is 1.65. The van der Waals surface area contributed by atoms with Gasteiger partial charge in [-0.3, -0.25) is 4.79 Å². The Labute approximate surface area is 138 Å². The van der Waals surface area contributed by atoms with E-state index in [1.54, 1.807) is 24.0 Å². The van der Waals surface area contributed by atoms with Crippen molar-refractivity contribution < 1.29 is 14.1 Å². The van der Waals surface area contributed by atoms with E-state index in [9.17, 15) is 4.79 Å². The third-order valence-electron chi connectivity index (χ3n) is 3.67. The van der Waals surface area contributed by atoms with Crippen molar-refractivity contribution in [1.82, 2.24) is 20.0 Å². The van der Waals surface area contributed by atoms with Crippen molar-refractivity contribution in [2.75, 3.05) is 13.2 Å². The van der Waals surface area contributed by atoms with Crippen molar-refractivity contribution in [3.63, 3.8) is 0 Å². The first-order chi connectivity index (χ1) is 11.1. The summed E-state index contributed by atoms with van der Waals surface area (Å²) in [7, 11) is 0. The summed E-state index contributed by atoms with van der Waals surface area (Å²) in [6, 6.07) is 3.05. The maximum Gasteiger partial charge on any atom is 0.274 e. The van der Waals surface area contributed by atoms with Crippen LogP contribution in [0.5, 0.6) is 5.88 Å². The minimum absolute atomic E-state index is 0.185. The van der Waals surface area contributed by atoms with Crippen LogP contribution in [0.15, 0.2) is 16.7 Å². The van der Waals surface area contributed by atoms with Gasteiger partial charge in [-0.1, -0.05) is 16.8 Å². The summed E-state index contributed by atoms with van der Waals surface area (Å²) >= 11 is 6.15. The predicted octanol–water partition coefficient (Wildman–Crippen LogP) is 2.80. The Morgan fingerprint density at radius 2 is 2.30 bits per heavy atom. The zero-order valence-corrected chi connectivity index (χ0v) is 13.7. The molecule has 1 fully saturated rings. The van der Waals surface area contributed by atoms with Gasteiger partial charge in [-0.05, 0) is 25.8 Å². The van der Waals surface area contributed by atoms with E-state index in [0.717, 1.165) is 12.8 Å². The lowest BCUT2D eigenvalue weighted by Gasteiger charge is -2.22. The first-order valence-corrected chi connectivity index (χ1v) is 7.88. The fraction of sp³-hybridized carbons (Fsp3) is 0.467. The molecule has 122 valence electrons. The van der Waals surface area contributed by atoms with E-state index in [0.29, 0.717) is 35.8 Å². The van der Waals surface area contributed by atoms with Gasteiger partial charge in [0.15, 0.2) is 11.5 Å². The van der Waals surface area contributed by atoms with E-state index in [1.165, 1.54) is 0 Å². The van der Waals surface area contributed by atoms with Crippen LogP contribution in [0.25, 0.3) is 0 Å². The molecule has 2 aromatic heterocycles. The average Bonchev–Trinajstić information content (AvgIpc) is 3.17. The number of ether oxygens (including phenoxy) is 1. The number of nitrogens with zero attached hydrogens (tertiary/aromatic N) is 4. The van der Waals surface area contributed by atoms with Gasteiger partial charge in [0.25, 0.3) is 5.91 Å². The molecule has 0 aliphatic carbocycles. The Bertz CT molecular complexity index is 718. The van der Waals surface area contributed by atoms with Gasteiger partial charge in [-0.2, -0.15) is 4.98 Å². The molecule has 0 radical (unpaired) electrons. The molecular formula is C15H17ClN4O3. The number of carbonyl (C=O) groups excluding carboxylic acids is 1. The third kappa shape index (κ3) is 3.14. The third-order valence-corrected chi connectivity index (χ3v) is 3.98. The molecule has 1 aliphatic rings. The number of aryl methyl sites for hydroxylation is 1. The molecule has 0 spiro atoms. The van der Waals surface area contributed by atoms with Gasteiger partial charge in [-0.15, -0.1) is 0 Å². The van der Waals surface area contributed by atoms with Gasteiger partial charge in [0.1, 0.15) is 0 Å². The second-order valence-electron chi connectivity index (χ2n) is 5.24. The van der Waals surface area contributed by atoms with Crippen molar-refractivity contribution in [3.05, 3.63) is 34.6 Å². The standard InChI is InChI=1S/C15H17ClN4O3/c1-3-22-12-7-6-10(16)13(18-12)15(21)20-8-4-5-11(20)14-17-9(2)23-19-14/h6-7,11H,3-5,8H2,1-2H3. The van der Waals surface area contributed by atoms with Crippen LogP contribution in [-0.4, -0.2) is 39.1 Å². The van der Waals surface area contributed by atoms with Gasteiger partial charge in [0, 0.05) is 19.5 Å². The first kappa shape index (κ1) is 15.7. The number of halogens is 1. The Balaban J connectivity index is 1.88. The highest BCUT2D eigenvalue weighted by Crippen LogP contribution is 2.32. The topological polar surface area (TPSA) is 81.4 Å². The molecule has 2 aromatic rings. The smallest absolute Gasteiger partial charge is 0.274 e. The molecule has 1 amide bonds. The molecule has 1 saturated heterocycles. The Hall–Kier alpha value is -2.15. The second kappa shape index (κ2) is 6.54. The van der Waals surface area contributed by atoms with E-state index in [4.69, 9.17) is 20.9 Å². The highest BCUT2D eigenvalue weighted by atomic mass is 35.5. The normalized spacial score (nSPS) is 17.5. The van der Waals surface area contributed by atoms with E-state index < -0.39 is 0 Å². The second-order valence-corrected chi connectivity index (χ2v) is 5.65. The Kier molecular flexibility index (Phi) is 4.47. The number of pyridine rings is 1. The van der Waals surface area contributed by atoms with Crippen molar-refractivity contribution in [2.24, 2.45) is 0 Å². The molecule has 3 heterocycles. The van der Waals surface area contributed by atoms with Gasteiger partial charge in [0.2, 0.25) is 11.8 Å². The molecule has 3 rings (SSSR count). The van der Waals surface area contributed by atoms with Crippen LogP contribution in [0.2, 0.25) is 5.02 Å². The van der Waals surface area contributed by atoms with Crippen LogP contribution < -0.4 is 4.74 Å². The lowest BCUT2D eigenvalue weighted by atomic mass is 10.2. The molecular weight excluding hydrogens is 320 g/mol. The SMILES string of the molecule is CCOc1ccc(Cl)c(C(=O)N2CCCC2c2noc(C)n2)n1. The molecule has 1 aliphatic heterocycles. The van der Waals surface area contributed by atoms with Crippen molar-refractivity contribution in [3.8, 4) is 5.88 Å². The number of likely N-dealkylation sites (tertiary alicyclic amines) is 1. The molecule has 1 unspecified atom stereocenters. The lowest BCUT2D eigenvalue weighted by Crippen LogP contribution is -2.32. The van der Waals surface area contributed by atoms with E-state index in [2.05, 4.69) is 15.1 Å². The number of rotatable bonds is 4. The van der Waals surface area contributed by atoms with Gasteiger partial charge < -0.3 is 14.2 Å². The minimum atomic E-state index is -0.249. The number of carbonyl (C=O) groups is 1. The van der Waals surface area contributed by atoms with Crippen molar-refractivity contribution >= 4 is 17.5 Å². The molecule has 0 bridgehead atoms. The first-order valence-electron chi connectivity index (χ1n) is 7.50. The molecule has 0 N–H and O–H groups in total. The predicted molar refractivity (Wildman–Crippen MR) is 82.5 cm³/mol. The van der Waals surface area contributed by atoms with Gasteiger partial charge in [0.05, 0.1) is 17.7 Å². The highest BCUT2D eigenvalue weighted by Gasteiger charge is 2.35. The van der Waals surface area contributed by atoms with Crippen LogP contribution in [0, 0.1) is 6.92 Å². The molecule has 8 heteroatoms. The van der Waals surface area contributed by atoms with Crippen LogP contribution >= 0.6 is 11.6 Å². The monoisotopic (exact) mass is 336 g/mol. The summed E-state index contributed by atoms with van der Waals surface area (Å²) in [4.78, 5) is 23.0. The molecule has 0 saturated carbocycles. The number of amides is 1. The highest BCUT2D eigenvalue weighted by molar-refractivity contribution is 6.33. The summed E-state index contributed by atoms with van der Waals surface area (Å²) < 4.78 is 10.4. The molecule has 1 atom stereocenters. The van der Waals surface area contributed by atoms with E-state index in [-0.39, 0.29) is 17.6 Å². The number of aromatic nitrogens is 3. The van der Waals surface area contributed by atoms with Gasteiger partial charge in [-0.25, -0.2) is 4.98 Å². The Morgan fingerprint density at radius 1 is 1.48 bits per heavy atom. The fourth-order valence-electron chi connectivity index (χ4n) is 2.67. The molecule has 7 nitrogen and oxygen atoms in total. The van der Waals surface area contributed by atoms with E-state index in [1.807, 2.05) is 6.92 Å². The van der Waals surface area contributed by atoms with Crippen LogP contribution in [-0.2, 0) is 0 Å². The van der Waals surface area contributed by atoms with Crippen molar-refractivity contribution in [2.45, 2.75) is 32.7 Å².